The van der Waals surface area contributed by atoms with E-state index >= 15 is 0 Å². The molecule has 2 aliphatic rings. The molecule has 0 unspecified atom stereocenters. The van der Waals surface area contributed by atoms with Gasteiger partial charge in [-0.3, -0.25) is 0 Å². The van der Waals surface area contributed by atoms with Crippen molar-refractivity contribution in [2.45, 2.75) is 45.2 Å². The third-order valence-electron chi connectivity index (χ3n) is 4.84. The van der Waals surface area contributed by atoms with Gasteiger partial charge < -0.3 is 20.9 Å². The van der Waals surface area contributed by atoms with Crippen LogP contribution >= 0.6 is 0 Å². The second-order valence-corrected chi connectivity index (χ2v) is 6.88. The van der Waals surface area contributed by atoms with Crippen molar-refractivity contribution in [2.75, 3.05) is 18.4 Å². The van der Waals surface area contributed by atoms with Crippen LogP contribution in [0.15, 0.2) is 24.3 Å². The zero-order chi connectivity index (χ0) is 16.9. The van der Waals surface area contributed by atoms with Crippen molar-refractivity contribution in [1.29, 1.82) is 0 Å². The lowest BCUT2D eigenvalue weighted by Crippen LogP contribution is -2.40. The van der Waals surface area contributed by atoms with Crippen LogP contribution in [0.25, 0.3) is 0 Å². The number of hydrogen-bond acceptors (Lipinski definition) is 2. The topological polar surface area (TPSA) is 73.5 Å². The number of carbonyl (C=O) groups excluding carboxylic acids is 2. The number of nitrogens with zero attached hydrogens (tertiary/aromatic N) is 1. The van der Waals surface area contributed by atoms with Gasteiger partial charge in [0.25, 0.3) is 0 Å². The van der Waals surface area contributed by atoms with Crippen molar-refractivity contribution in [3.05, 3.63) is 29.8 Å². The molecule has 6 heteroatoms. The molecular weight excluding hydrogens is 304 g/mol. The maximum Gasteiger partial charge on any atom is 0.319 e. The predicted octanol–water partition coefficient (Wildman–Crippen LogP) is 2.91. The third-order valence-corrected chi connectivity index (χ3v) is 4.84. The van der Waals surface area contributed by atoms with Gasteiger partial charge in [-0.1, -0.05) is 38.0 Å². The minimum Gasteiger partial charge on any atom is -0.336 e. The van der Waals surface area contributed by atoms with Gasteiger partial charge in [0.1, 0.15) is 0 Å². The monoisotopic (exact) mass is 330 g/mol. The number of carbonyl (C=O) groups is 2. The number of amides is 4. The number of urea groups is 2. The summed E-state index contributed by atoms with van der Waals surface area (Å²) >= 11 is 0. The summed E-state index contributed by atoms with van der Waals surface area (Å²) < 4.78 is 0. The Morgan fingerprint density at radius 1 is 1.33 bits per heavy atom. The molecule has 0 bridgehead atoms. The van der Waals surface area contributed by atoms with Crippen molar-refractivity contribution in [3.63, 3.8) is 0 Å². The van der Waals surface area contributed by atoms with Crippen LogP contribution in [0.1, 0.15) is 38.2 Å². The van der Waals surface area contributed by atoms with Gasteiger partial charge >= 0.3 is 12.1 Å². The summed E-state index contributed by atoms with van der Waals surface area (Å²) in [6, 6.07) is 7.69. The van der Waals surface area contributed by atoms with Crippen LogP contribution in [-0.4, -0.2) is 36.1 Å². The maximum absolute atomic E-state index is 12.3. The second kappa shape index (κ2) is 7.55. The van der Waals surface area contributed by atoms with Gasteiger partial charge in [0, 0.05) is 31.4 Å². The van der Waals surface area contributed by atoms with Crippen LogP contribution in [0, 0.1) is 5.92 Å². The van der Waals surface area contributed by atoms with E-state index in [1.54, 1.807) is 4.90 Å². The minimum absolute atomic E-state index is 0.0505. The molecule has 1 saturated heterocycles. The Hall–Kier alpha value is -2.24. The summed E-state index contributed by atoms with van der Waals surface area (Å²) in [5, 5.41) is 8.83. The molecule has 2 fully saturated rings. The van der Waals surface area contributed by atoms with E-state index in [0.717, 1.165) is 24.1 Å². The normalized spacial score (nSPS) is 23.7. The number of rotatable bonds is 4. The van der Waals surface area contributed by atoms with Gasteiger partial charge in [0.2, 0.25) is 0 Å². The third kappa shape index (κ3) is 4.19. The van der Waals surface area contributed by atoms with Crippen LogP contribution < -0.4 is 16.0 Å². The summed E-state index contributed by atoms with van der Waals surface area (Å²) in [4.78, 5) is 25.8. The Kier molecular flexibility index (Phi) is 5.23. The predicted molar refractivity (Wildman–Crippen MR) is 93.8 cm³/mol. The highest BCUT2D eigenvalue weighted by Gasteiger charge is 2.22. The molecule has 1 heterocycles. The standard InChI is InChI=1S/C18H26N4O2/c1-13-5-4-7-15(11-13)20-17(23)21-16-8-3-2-6-14(16)12-22-10-9-19-18(22)24/h2-3,6,8,13,15H,4-5,7,9-12H2,1H3,(H,19,24)(H2,20,21,23)/t13-,15-/m1/s1. The zero-order valence-electron chi connectivity index (χ0n) is 14.2. The molecule has 1 aliphatic carbocycles. The fraction of sp³-hybridized carbons (Fsp3) is 0.556. The average Bonchev–Trinajstić information content (AvgIpc) is 2.94. The molecule has 1 aromatic rings. The first-order valence-electron chi connectivity index (χ1n) is 8.80. The maximum atomic E-state index is 12.3. The smallest absolute Gasteiger partial charge is 0.319 e. The van der Waals surface area contributed by atoms with Crippen molar-refractivity contribution in [2.24, 2.45) is 5.92 Å². The SMILES string of the molecule is C[C@@H]1CCC[C@@H](NC(=O)Nc2ccccc2CN2CCNC2=O)C1. The van der Waals surface area contributed by atoms with Crippen LogP contribution in [0.4, 0.5) is 15.3 Å². The highest BCUT2D eigenvalue weighted by molar-refractivity contribution is 5.90. The molecule has 130 valence electrons. The fourth-order valence-corrected chi connectivity index (χ4v) is 3.56. The molecule has 0 aromatic heterocycles. The average molecular weight is 330 g/mol. The van der Waals surface area contributed by atoms with Crippen LogP contribution in [0.2, 0.25) is 0 Å². The number of hydrogen-bond donors (Lipinski definition) is 3. The Balaban J connectivity index is 1.60. The van der Waals surface area contributed by atoms with Gasteiger partial charge in [-0.2, -0.15) is 0 Å². The second-order valence-electron chi connectivity index (χ2n) is 6.88. The quantitative estimate of drug-likeness (QED) is 0.794. The first-order valence-corrected chi connectivity index (χ1v) is 8.80. The van der Waals surface area contributed by atoms with Crippen molar-refractivity contribution < 1.29 is 9.59 Å². The van der Waals surface area contributed by atoms with E-state index < -0.39 is 0 Å². The van der Waals surface area contributed by atoms with Gasteiger partial charge in [0.05, 0.1) is 0 Å². The minimum atomic E-state index is -0.160. The zero-order valence-corrected chi connectivity index (χ0v) is 14.2. The molecule has 1 aromatic carbocycles. The lowest BCUT2D eigenvalue weighted by Gasteiger charge is -2.27. The van der Waals surface area contributed by atoms with Crippen LogP contribution in [0.5, 0.6) is 0 Å². The molecule has 1 aliphatic heterocycles. The Morgan fingerprint density at radius 3 is 2.92 bits per heavy atom. The largest absolute Gasteiger partial charge is 0.336 e. The number of anilines is 1. The Bertz CT molecular complexity index is 604. The Labute approximate surface area is 143 Å². The summed E-state index contributed by atoms with van der Waals surface area (Å²) in [6.45, 7) is 4.11. The molecule has 4 amide bonds. The van der Waals surface area contributed by atoms with Gasteiger partial charge in [-0.15, -0.1) is 0 Å². The van der Waals surface area contributed by atoms with Gasteiger partial charge in [-0.25, -0.2) is 9.59 Å². The number of para-hydroxylation sites is 1. The highest BCUT2D eigenvalue weighted by atomic mass is 16.2. The molecule has 6 nitrogen and oxygen atoms in total. The van der Waals surface area contributed by atoms with Crippen molar-refractivity contribution in [3.8, 4) is 0 Å². The van der Waals surface area contributed by atoms with Crippen molar-refractivity contribution >= 4 is 17.7 Å². The van der Waals surface area contributed by atoms with E-state index in [9.17, 15) is 9.59 Å². The van der Waals surface area contributed by atoms with Gasteiger partial charge in [-0.05, 0) is 30.4 Å². The van der Waals surface area contributed by atoms with E-state index in [1.165, 1.54) is 12.8 Å². The van der Waals surface area contributed by atoms with Crippen LogP contribution in [0.3, 0.4) is 0 Å². The number of benzene rings is 1. The molecular formula is C18H26N4O2. The van der Waals surface area contributed by atoms with E-state index in [2.05, 4.69) is 22.9 Å². The molecule has 3 rings (SSSR count). The fourth-order valence-electron chi connectivity index (χ4n) is 3.56. The molecule has 2 atom stereocenters. The van der Waals surface area contributed by atoms with Gasteiger partial charge in [0.15, 0.2) is 0 Å². The summed E-state index contributed by atoms with van der Waals surface area (Å²) in [6.07, 6.45) is 4.52. The van der Waals surface area contributed by atoms with E-state index in [-0.39, 0.29) is 18.1 Å². The summed E-state index contributed by atoms with van der Waals surface area (Å²) in [5.74, 6) is 0.671. The molecule has 24 heavy (non-hydrogen) atoms. The Morgan fingerprint density at radius 2 is 2.17 bits per heavy atom. The molecule has 0 spiro atoms. The highest BCUT2D eigenvalue weighted by Crippen LogP contribution is 2.24. The lowest BCUT2D eigenvalue weighted by atomic mass is 9.87. The van der Waals surface area contributed by atoms with E-state index in [4.69, 9.17) is 0 Å². The molecule has 0 radical (unpaired) electrons. The number of nitrogens with one attached hydrogen (secondary N) is 3. The first kappa shape index (κ1) is 16.6. The summed E-state index contributed by atoms with van der Waals surface area (Å²) in [7, 11) is 0. The lowest BCUT2D eigenvalue weighted by molar-refractivity contribution is 0.215. The van der Waals surface area contributed by atoms with Crippen LogP contribution in [-0.2, 0) is 6.54 Å². The molecule has 3 N–H and O–H groups in total. The summed E-state index contributed by atoms with van der Waals surface area (Å²) in [5.41, 5.74) is 1.71. The van der Waals surface area contributed by atoms with Crippen molar-refractivity contribution in [1.82, 2.24) is 15.5 Å². The van der Waals surface area contributed by atoms with E-state index in [1.807, 2.05) is 24.3 Å². The first-order chi connectivity index (χ1) is 11.6. The van der Waals surface area contributed by atoms with E-state index in [0.29, 0.717) is 25.6 Å². The molecule has 1 saturated carbocycles.